The highest BCUT2D eigenvalue weighted by molar-refractivity contribution is 6.06. The van der Waals surface area contributed by atoms with E-state index < -0.39 is 0 Å². The van der Waals surface area contributed by atoms with E-state index in [1.807, 2.05) is 0 Å². The van der Waals surface area contributed by atoms with Crippen LogP contribution in [0.1, 0.15) is 81.5 Å². The van der Waals surface area contributed by atoms with E-state index in [1.165, 1.54) is 80.7 Å². The number of rotatable bonds is 3. The van der Waals surface area contributed by atoms with E-state index in [0.717, 1.165) is 17.9 Å². The van der Waals surface area contributed by atoms with Crippen molar-refractivity contribution >= 4 is 21.5 Å². The van der Waals surface area contributed by atoms with Crippen LogP contribution in [0.15, 0.2) is 42.6 Å². The average molecular weight is 479 g/mol. The van der Waals surface area contributed by atoms with Crippen LogP contribution in [0.2, 0.25) is 0 Å². The standard InChI is InChI=1S/C34H40NO/c1-20(2)16-23-8-9-27-21(3)30-32-31-25(12-15-35(32)7)18-26(24-10-13-34(5,6)14-11-24)19-29(31)36-33(30)22(4)28(27)17-23/h8-9,12,15,17-20,24H,10-11,13-14,16H2,1-7H3/q+1. The Hall–Kier alpha value is -2.87. The number of ether oxygens (including phenoxy) is 1. The van der Waals surface area contributed by atoms with Crippen molar-refractivity contribution in [3.63, 3.8) is 0 Å². The molecule has 2 heterocycles. The predicted octanol–water partition coefficient (Wildman–Crippen LogP) is 9.09. The Morgan fingerprint density at radius 3 is 2.44 bits per heavy atom. The van der Waals surface area contributed by atoms with Crippen molar-refractivity contribution in [3.8, 4) is 22.8 Å². The number of benzene rings is 3. The maximum Gasteiger partial charge on any atom is 0.228 e. The minimum atomic E-state index is 0.474. The third-order valence-electron chi connectivity index (χ3n) is 8.96. The fraction of sp³-hybridized carbons (Fsp3) is 0.441. The SMILES string of the molecule is Cc1c2c(c(C)c3ccc(CC(C)C)cc13)-c1c3c(cc(C4CCC(C)(C)CC4)cc3cc[n+]1C)O2. The molecule has 0 radical (unpaired) electrons. The number of aromatic nitrogens is 1. The van der Waals surface area contributed by atoms with Gasteiger partial charge in [-0.1, -0.05) is 52.0 Å². The van der Waals surface area contributed by atoms with Gasteiger partial charge in [0, 0.05) is 11.6 Å². The summed E-state index contributed by atoms with van der Waals surface area (Å²) in [7, 11) is 2.18. The van der Waals surface area contributed by atoms with Crippen molar-refractivity contribution in [3.05, 3.63) is 64.8 Å². The molecule has 1 aromatic heterocycles. The fourth-order valence-corrected chi connectivity index (χ4v) is 6.80. The third kappa shape index (κ3) is 3.72. The third-order valence-corrected chi connectivity index (χ3v) is 8.96. The maximum absolute atomic E-state index is 6.90. The number of fused-ring (bicyclic) bond motifs is 3. The first-order valence-corrected chi connectivity index (χ1v) is 13.8. The molecule has 1 saturated carbocycles. The van der Waals surface area contributed by atoms with Crippen LogP contribution < -0.4 is 9.30 Å². The van der Waals surface area contributed by atoms with E-state index in [9.17, 15) is 0 Å². The van der Waals surface area contributed by atoms with Gasteiger partial charge in [-0.05, 0) is 102 Å². The molecule has 1 fully saturated rings. The van der Waals surface area contributed by atoms with Gasteiger partial charge in [-0.25, -0.2) is 4.57 Å². The van der Waals surface area contributed by atoms with Crippen LogP contribution >= 0.6 is 0 Å². The van der Waals surface area contributed by atoms with Crippen LogP contribution in [0.25, 0.3) is 32.8 Å². The van der Waals surface area contributed by atoms with Crippen molar-refractivity contribution in [2.24, 2.45) is 18.4 Å². The molecular formula is C34H40NO+. The van der Waals surface area contributed by atoms with Crippen LogP contribution in [0.5, 0.6) is 11.5 Å². The lowest BCUT2D eigenvalue weighted by Crippen LogP contribution is -2.32. The molecule has 6 rings (SSSR count). The minimum Gasteiger partial charge on any atom is -0.455 e. The summed E-state index contributed by atoms with van der Waals surface area (Å²) < 4.78 is 9.20. The van der Waals surface area contributed by atoms with Crippen molar-refractivity contribution in [1.29, 1.82) is 0 Å². The van der Waals surface area contributed by atoms with Crippen molar-refractivity contribution < 1.29 is 9.30 Å². The Kier molecular flexibility index (Phi) is 5.44. The molecule has 0 saturated heterocycles. The van der Waals surface area contributed by atoms with Gasteiger partial charge < -0.3 is 4.74 Å². The van der Waals surface area contributed by atoms with E-state index in [2.05, 4.69) is 95.8 Å². The predicted molar refractivity (Wildman–Crippen MR) is 151 cm³/mol. The Labute approximate surface area is 216 Å². The van der Waals surface area contributed by atoms with Gasteiger partial charge >= 0.3 is 0 Å². The Morgan fingerprint density at radius 2 is 1.72 bits per heavy atom. The van der Waals surface area contributed by atoms with Crippen LogP contribution in [-0.2, 0) is 13.5 Å². The van der Waals surface area contributed by atoms with Crippen LogP contribution in [0, 0.1) is 25.2 Å². The lowest BCUT2D eigenvalue weighted by atomic mass is 9.71. The minimum absolute atomic E-state index is 0.474. The Bertz CT molecular complexity index is 1510. The van der Waals surface area contributed by atoms with E-state index in [-0.39, 0.29) is 0 Å². The van der Waals surface area contributed by atoms with E-state index in [4.69, 9.17) is 4.74 Å². The second kappa shape index (κ2) is 8.33. The molecule has 36 heavy (non-hydrogen) atoms. The van der Waals surface area contributed by atoms with Crippen molar-refractivity contribution in [1.82, 2.24) is 0 Å². The van der Waals surface area contributed by atoms with Gasteiger partial charge in [0.1, 0.15) is 18.5 Å². The van der Waals surface area contributed by atoms with Gasteiger partial charge in [0.15, 0.2) is 6.20 Å². The second-order valence-corrected chi connectivity index (χ2v) is 12.7. The topological polar surface area (TPSA) is 13.1 Å². The molecule has 0 bridgehead atoms. The zero-order valence-corrected chi connectivity index (χ0v) is 23.1. The van der Waals surface area contributed by atoms with Gasteiger partial charge in [0.25, 0.3) is 0 Å². The highest BCUT2D eigenvalue weighted by Crippen LogP contribution is 2.52. The maximum atomic E-state index is 6.90. The lowest BCUT2D eigenvalue weighted by Gasteiger charge is -2.35. The highest BCUT2D eigenvalue weighted by Gasteiger charge is 2.34. The van der Waals surface area contributed by atoms with E-state index >= 15 is 0 Å². The molecule has 3 aromatic carbocycles. The monoisotopic (exact) mass is 478 g/mol. The van der Waals surface area contributed by atoms with Crippen LogP contribution in [-0.4, -0.2) is 0 Å². The van der Waals surface area contributed by atoms with Gasteiger partial charge in [-0.3, -0.25) is 0 Å². The Balaban J connectivity index is 1.56. The van der Waals surface area contributed by atoms with E-state index in [1.54, 1.807) is 0 Å². The number of hydrogen-bond acceptors (Lipinski definition) is 1. The van der Waals surface area contributed by atoms with Crippen LogP contribution in [0.3, 0.4) is 0 Å². The smallest absolute Gasteiger partial charge is 0.228 e. The largest absolute Gasteiger partial charge is 0.455 e. The number of hydrogen-bond donors (Lipinski definition) is 0. The molecule has 2 heteroatoms. The normalized spacial score (nSPS) is 17.0. The summed E-state index contributed by atoms with van der Waals surface area (Å²) in [4.78, 5) is 0. The van der Waals surface area contributed by atoms with Crippen molar-refractivity contribution in [2.45, 2.75) is 79.6 Å². The molecule has 4 aromatic rings. The lowest BCUT2D eigenvalue weighted by molar-refractivity contribution is -0.659. The average Bonchev–Trinajstić information content (AvgIpc) is 2.83. The highest BCUT2D eigenvalue weighted by atomic mass is 16.5. The first kappa shape index (κ1) is 23.5. The summed E-state index contributed by atoms with van der Waals surface area (Å²) in [5.74, 6) is 3.34. The van der Waals surface area contributed by atoms with Gasteiger partial charge in [-0.2, -0.15) is 0 Å². The molecule has 0 atom stereocenters. The molecule has 186 valence electrons. The molecule has 0 N–H and O–H groups in total. The van der Waals surface area contributed by atoms with Crippen LogP contribution in [0.4, 0.5) is 0 Å². The summed E-state index contributed by atoms with van der Waals surface area (Å²) in [6.45, 7) is 13.9. The van der Waals surface area contributed by atoms with Gasteiger partial charge in [0.2, 0.25) is 5.69 Å². The number of pyridine rings is 1. The van der Waals surface area contributed by atoms with Gasteiger partial charge in [-0.15, -0.1) is 0 Å². The summed E-state index contributed by atoms with van der Waals surface area (Å²) in [5.41, 5.74) is 8.44. The molecule has 2 aliphatic rings. The fourth-order valence-electron chi connectivity index (χ4n) is 6.80. The molecular weight excluding hydrogens is 438 g/mol. The first-order chi connectivity index (χ1) is 17.1. The summed E-state index contributed by atoms with van der Waals surface area (Å²) in [6.07, 6.45) is 8.46. The number of nitrogens with zero attached hydrogens (tertiary/aromatic N) is 1. The molecule has 0 unspecified atom stereocenters. The molecule has 0 spiro atoms. The number of aryl methyl sites for hydroxylation is 3. The summed E-state index contributed by atoms with van der Waals surface area (Å²) in [5, 5.41) is 5.22. The summed E-state index contributed by atoms with van der Waals surface area (Å²) >= 11 is 0. The Morgan fingerprint density at radius 1 is 0.972 bits per heavy atom. The molecule has 1 aliphatic heterocycles. The molecule has 0 amide bonds. The molecule has 1 aliphatic carbocycles. The van der Waals surface area contributed by atoms with Gasteiger partial charge in [0.05, 0.1) is 10.9 Å². The second-order valence-electron chi connectivity index (χ2n) is 12.7. The van der Waals surface area contributed by atoms with Crippen molar-refractivity contribution in [2.75, 3.05) is 0 Å². The summed E-state index contributed by atoms with van der Waals surface area (Å²) in [6, 6.07) is 14.1. The quantitative estimate of drug-likeness (QED) is 0.236. The zero-order valence-electron chi connectivity index (χ0n) is 23.1. The van der Waals surface area contributed by atoms with E-state index in [0.29, 0.717) is 17.3 Å². The first-order valence-electron chi connectivity index (χ1n) is 13.8. The molecule has 2 nitrogen and oxygen atoms in total. The zero-order chi connectivity index (χ0) is 25.4.